The largest absolute Gasteiger partial charge is 0.333 e. The molecule has 0 bridgehead atoms. The van der Waals surface area contributed by atoms with Gasteiger partial charge in [-0.05, 0) is 42.3 Å². The normalized spacial score (nSPS) is 17.3. The van der Waals surface area contributed by atoms with Gasteiger partial charge in [0.15, 0.2) is 0 Å². The molecule has 1 N–H and O–H groups in total. The number of nitrogens with one attached hydrogen (secondary N) is 1. The Hall–Kier alpha value is -1.98. The van der Waals surface area contributed by atoms with Gasteiger partial charge in [-0.3, -0.25) is 4.79 Å². The highest BCUT2D eigenvalue weighted by atomic mass is 35.5. The lowest BCUT2D eigenvalue weighted by atomic mass is 10.0. The van der Waals surface area contributed by atoms with Crippen molar-refractivity contribution in [2.75, 3.05) is 19.6 Å². The molecule has 1 aliphatic rings. The van der Waals surface area contributed by atoms with Crippen LogP contribution in [-0.2, 0) is 0 Å². The van der Waals surface area contributed by atoms with Crippen molar-refractivity contribution in [3.63, 3.8) is 0 Å². The van der Waals surface area contributed by atoms with Gasteiger partial charge in [0.1, 0.15) is 11.6 Å². The maximum absolute atomic E-state index is 14.4. The highest BCUT2D eigenvalue weighted by Gasteiger charge is 2.26. The van der Waals surface area contributed by atoms with Crippen LogP contribution in [0.4, 0.5) is 8.78 Å². The molecule has 1 heterocycles. The van der Waals surface area contributed by atoms with Crippen LogP contribution in [0.25, 0.3) is 11.1 Å². The molecule has 1 fully saturated rings. The van der Waals surface area contributed by atoms with Gasteiger partial charge >= 0.3 is 0 Å². The van der Waals surface area contributed by atoms with Crippen LogP contribution in [0.1, 0.15) is 17.3 Å². The lowest BCUT2D eigenvalue weighted by Gasteiger charge is -2.34. The van der Waals surface area contributed by atoms with Crippen molar-refractivity contribution >= 4 is 18.3 Å². The average Bonchev–Trinajstić information content (AvgIpc) is 2.55. The number of amides is 1. The number of halogens is 3. The summed E-state index contributed by atoms with van der Waals surface area (Å²) in [6.45, 7) is 3.93. The van der Waals surface area contributed by atoms with Gasteiger partial charge in [0.25, 0.3) is 5.91 Å². The average molecular weight is 353 g/mol. The van der Waals surface area contributed by atoms with Crippen molar-refractivity contribution in [3.05, 3.63) is 59.7 Å². The van der Waals surface area contributed by atoms with Crippen LogP contribution in [0.3, 0.4) is 0 Å². The molecule has 128 valence electrons. The highest BCUT2D eigenvalue weighted by Crippen LogP contribution is 2.23. The van der Waals surface area contributed by atoms with E-state index >= 15 is 0 Å². The summed E-state index contributed by atoms with van der Waals surface area (Å²) in [5, 5.41) is 3.20. The van der Waals surface area contributed by atoms with Crippen molar-refractivity contribution < 1.29 is 13.6 Å². The molecule has 1 saturated heterocycles. The molecule has 0 saturated carbocycles. The predicted octanol–water partition coefficient (Wildman–Crippen LogP) is 3.49. The second-order valence-electron chi connectivity index (χ2n) is 5.75. The SMILES string of the molecule is C[C@@H]1CNCCN1C(=O)c1ccc(-c2ccc(F)cc2)cc1F.Cl. The first-order valence-electron chi connectivity index (χ1n) is 7.63. The van der Waals surface area contributed by atoms with Crippen molar-refractivity contribution in [1.82, 2.24) is 10.2 Å². The summed E-state index contributed by atoms with van der Waals surface area (Å²) in [5.74, 6) is -1.18. The Morgan fingerprint density at radius 2 is 1.79 bits per heavy atom. The van der Waals surface area contributed by atoms with E-state index in [0.29, 0.717) is 30.8 Å². The summed E-state index contributed by atoms with van der Waals surface area (Å²) in [6, 6.07) is 10.4. The summed E-state index contributed by atoms with van der Waals surface area (Å²) in [7, 11) is 0. The first-order chi connectivity index (χ1) is 11.1. The third kappa shape index (κ3) is 3.74. The molecule has 0 aliphatic carbocycles. The molecule has 1 aliphatic heterocycles. The number of hydrogen-bond donors (Lipinski definition) is 1. The molecular weight excluding hydrogens is 334 g/mol. The fourth-order valence-corrected chi connectivity index (χ4v) is 2.81. The van der Waals surface area contributed by atoms with Crippen LogP contribution in [0.2, 0.25) is 0 Å². The van der Waals surface area contributed by atoms with Gasteiger partial charge in [0, 0.05) is 25.7 Å². The van der Waals surface area contributed by atoms with E-state index in [1.807, 2.05) is 6.92 Å². The van der Waals surface area contributed by atoms with E-state index in [2.05, 4.69) is 5.32 Å². The van der Waals surface area contributed by atoms with E-state index in [0.717, 1.165) is 0 Å². The van der Waals surface area contributed by atoms with Gasteiger partial charge in [-0.1, -0.05) is 18.2 Å². The zero-order chi connectivity index (χ0) is 16.4. The molecule has 0 radical (unpaired) electrons. The summed E-state index contributed by atoms with van der Waals surface area (Å²) < 4.78 is 27.4. The zero-order valence-corrected chi connectivity index (χ0v) is 14.1. The summed E-state index contributed by atoms with van der Waals surface area (Å²) in [6.07, 6.45) is 0. The van der Waals surface area contributed by atoms with Gasteiger partial charge in [0.05, 0.1) is 5.56 Å². The summed E-state index contributed by atoms with van der Waals surface area (Å²) >= 11 is 0. The minimum atomic E-state index is -0.553. The molecule has 6 heteroatoms. The van der Waals surface area contributed by atoms with Crippen LogP contribution < -0.4 is 5.32 Å². The summed E-state index contributed by atoms with van der Waals surface area (Å²) in [5.41, 5.74) is 1.40. The van der Waals surface area contributed by atoms with Crippen LogP contribution in [-0.4, -0.2) is 36.5 Å². The molecule has 1 amide bonds. The maximum atomic E-state index is 14.4. The Balaban J connectivity index is 0.00000208. The fraction of sp³-hybridized carbons (Fsp3) is 0.278. The van der Waals surface area contributed by atoms with Crippen molar-refractivity contribution in [2.24, 2.45) is 0 Å². The number of piperazine rings is 1. The lowest BCUT2D eigenvalue weighted by molar-refractivity contribution is 0.0651. The summed E-state index contributed by atoms with van der Waals surface area (Å²) in [4.78, 5) is 14.2. The molecule has 0 aromatic heterocycles. The van der Waals surface area contributed by atoms with Gasteiger partial charge < -0.3 is 10.2 Å². The maximum Gasteiger partial charge on any atom is 0.257 e. The topological polar surface area (TPSA) is 32.3 Å². The first kappa shape index (κ1) is 18.4. The van der Waals surface area contributed by atoms with Crippen molar-refractivity contribution in [3.8, 4) is 11.1 Å². The van der Waals surface area contributed by atoms with Crippen LogP contribution in [0, 0.1) is 11.6 Å². The molecule has 3 nitrogen and oxygen atoms in total. The highest BCUT2D eigenvalue weighted by molar-refractivity contribution is 5.95. The number of rotatable bonds is 2. The minimum absolute atomic E-state index is 0. The number of carbonyl (C=O) groups excluding carboxylic acids is 1. The Bertz CT molecular complexity index is 721. The standard InChI is InChI=1S/C18H18F2N2O.ClH/c1-12-11-21-8-9-22(12)18(23)16-7-4-14(10-17(16)20)13-2-5-15(19)6-3-13;/h2-7,10,12,21H,8-9,11H2,1H3;1H/t12-;/m1./s1. The van der Waals surface area contributed by atoms with E-state index in [1.54, 1.807) is 23.1 Å². The van der Waals surface area contributed by atoms with Crippen molar-refractivity contribution in [1.29, 1.82) is 0 Å². The Morgan fingerprint density at radius 3 is 2.42 bits per heavy atom. The van der Waals surface area contributed by atoms with E-state index in [-0.39, 0.29) is 35.7 Å². The second-order valence-corrected chi connectivity index (χ2v) is 5.75. The van der Waals surface area contributed by atoms with Crippen molar-refractivity contribution in [2.45, 2.75) is 13.0 Å². The third-order valence-corrected chi connectivity index (χ3v) is 4.14. The number of nitrogens with zero attached hydrogens (tertiary/aromatic N) is 1. The van der Waals surface area contributed by atoms with Crippen LogP contribution in [0.15, 0.2) is 42.5 Å². The fourth-order valence-electron chi connectivity index (χ4n) is 2.81. The number of benzene rings is 2. The molecule has 1 atom stereocenters. The molecule has 2 aromatic carbocycles. The molecule has 3 rings (SSSR count). The van der Waals surface area contributed by atoms with Gasteiger partial charge in [-0.2, -0.15) is 0 Å². The van der Waals surface area contributed by atoms with E-state index in [4.69, 9.17) is 0 Å². The molecule has 24 heavy (non-hydrogen) atoms. The Labute approximate surface area is 146 Å². The second kappa shape index (κ2) is 7.73. The zero-order valence-electron chi connectivity index (χ0n) is 13.3. The molecule has 0 spiro atoms. The third-order valence-electron chi connectivity index (χ3n) is 4.14. The monoisotopic (exact) mass is 352 g/mol. The smallest absolute Gasteiger partial charge is 0.257 e. The van der Waals surface area contributed by atoms with Crippen LogP contribution >= 0.6 is 12.4 Å². The lowest BCUT2D eigenvalue weighted by Crippen LogP contribution is -2.52. The molecule has 0 unspecified atom stereocenters. The van der Waals surface area contributed by atoms with E-state index in [1.165, 1.54) is 24.3 Å². The quantitative estimate of drug-likeness (QED) is 0.897. The van der Waals surface area contributed by atoms with Gasteiger partial charge in [-0.25, -0.2) is 8.78 Å². The molecular formula is C18H19ClF2N2O. The number of hydrogen-bond acceptors (Lipinski definition) is 2. The van der Waals surface area contributed by atoms with E-state index in [9.17, 15) is 13.6 Å². The Kier molecular flexibility index (Phi) is 5.91. The first-order valence-corrected chi connectivity index (χ1v) is 7.63. The van der Waals surface area contributed by atoms with E-state index < -0.39 is 5.82 Å². The van der Waals surface area contributed by atoms with Crippen LogP contribution in [0.5, 0.6) is 0 Å². The number of carbonyl (C=O) groups is 1. The Morgan fingerprint density at radius 1 is 1.12 bits per heavy atom. The van der Waals surface area contributed by atoms with Gasteiger partial charge in [0.2, 0.25) is 0 Å². The minimum Gasteiger partial charge on any atom is -0.333 e. The predicted molar refractivity (Wildman–Crippen MR) is 92.4 cm³/mol. The molecule has 2 aromatic rings. The van der Waals surface area contributed by atoms with Gasteiger partial charge in [-0.15, -0.1) is 12.4 Å².